The highest BCUT2D eigenvalue weighted by molar-refractivity contribution is 5.16. The van der Waals surface area contributed by atoms with Gasteiger partial charge in [-0.25, -0.2) is 0 Å². The zero-order chi connectivity index (χ0) is 11.5. The Bertz CT molecular complexity index is 383. The maximum absolute atomic E-state index is 11.8. The third-order valence-corrected chi connectivity index (χ3v) is 3.06. The summed E-state index contributed by atoms with van der Waals surface area (Å²) < 4.78 is 1.64. The first kappa shape index (κ1) is 11.8. The van der Waals surface area contributed by atoms with Gasteiger partial charge in [0.05, 0.1) is 0 Å². The molecule has 0 saturated heterocycles. The molecular formula is C12H19NO2. The highest BCUT2D eigenvalue weighted by Gasteiger charge is 2.24. The van der Waals surface area contributed by atoms with Crippen LogP contribution in [0.2, 0.25) is 0 Å². The summed E-state index contributed by atoms with van der Waals surface area (Å²) in [5.74, 6) is -0.173. The lowest BCUT2D eigenvalue weighted by Gasteiger charge is -2.30. The molecule has 0 aliphatic heterocycles. The van der Waals surface area contributed by atoms with Crippen molar-refractivity contribution in [1.82, 2.24) is 4.57 Å². The van der Waals surface area contributed by atoms with Crippen LogP contribution in [-0.4, -0.2) is 9.67 Å². The van der Waals surface area contributed by atoms with E-state index in [-0.39, 0.29) is 16.8 Å². The number of rotatable bonds is 4. The second-order valence-electron chi connectivity index (χ2n) is 4.17. The Labute approximate surface area is 90.4 Å². The largest absolute Gasteiger partial charge is 0.503 e. The van der Waals surface area contributed by atoms with Crippen LogP contribution < -0.4 is 5.56 Å². The van der Waals surface area contributed by atoms with Gasteiger partial charge in [0.2, 0.25) is 0 Å². The lowest BCUT2D eigenvalue weighted by molar-refractivity contribution is 0.265. The first-order chi connectivity index (χ1) is 7.05. The second kappa shape index (κ2) is 4.51. The molecule has 0 saturated carbocycles. The molecule has 1 aromatic rings. The molecule has 1 aromatic heterocycles. The molecule has 0 amide bonds. The quantitative estimate of drug-likeness (QED) is 0.827. The molecule has 0 fully saturated rings. The molecule has 1 N–H and O–H groups in total. The van der Waals surface area contributed by atoms with E-state index in [1.54, 1.807) is 16.8 Å². The molecular weight excluding hydrogens is 190 g/mol. The fourth-order valence-corrected chi connectivity index (χ4v) is 1.91. The molecule has 0 aliphatic carbocycles. The SMILES string of the molecule is CCCC(C)(CC)n1cccc(O)c1=O. The normalized spacial score (nSPS) is 14.9. The van der Waals surface area contributed by atoms with Gasteiger partial charge in [0.15, 0.2) is 5.75 Å². The fourth-order valence-electron chi connectivity index (χ4n) is 1.91. The van der Waals surface area contributed by atoms with Crippen molar-refractivity contribution >= 4 is 0 Å². The Kier molecular flexibility index (Phi) is 3.56. The Morgan fingerprint density at radius 1 is 1.47 bits per heavy atom. The van der Waals surface area contributed by atoms with Crippen LogP contribution in [0.4, 0.5) is 0 Å². The molecule has 15 heavy (non-hydrogen) atoms. The minimum absolute atomic E-state index is 0.173. The number of nitrogens with zero attached hydrogens (tertiary/aromatic N) is 1. The van der Waals surface area contributed by atoms with E-state index in [2.05, 4.69) is 20.8 Å². The molecule has 1 unspecified atom stereocenters. The maximum Gasteiger partial charge on any atom is 0.293 e. The van der Waals surface area contributed by atoms with Gasteiger partial charge in [-0.3, -0.25) is 4.79 Å². The molecule has 0 bridgehead atoms. The first-order valence-electron chi connectivity index (χ1n) is 5.46. The van der Waals surface area contributed by atoms with Gasteiger partial charge < -0.3 is 9.67 Å². The molecule has 0 radical (unpaired) electrons. The van der Waals surface area contributed by atoms with Crippen LogP contribution in [0.1, 0.15) is 40.0 Å². The molecule has 3 nitrogen and oxygen atoms in total. The summed E-state index contributed by atoms with van der Waals surface area (Å²) in [7, 11) is 0. The van der Waals surface area contributed by atoms with Gasteiger partial charge in [-0.2, -0.15) is 0 Å². The Hall–Kier alpha value is -1.25. The van der Waals surface area contributed by atoms with Gasteiger partial charge in [0, 0.05) is 11.7 Å². The van der Waals surface area contributed by atoms with Gasteiger partial charge in [-0.15, -0.1) is 0 Å². The van der Waals surface area contributed by atoms with Gasteiger partial charge in [-0.05, 0) is 31.9 Å². The second-order valence-corrected chi connectivity index (χ2v) is 4.17. The maximum atomic E-state index is 11.8. The summed E-state index contributed by atoms with van der Waals surface area (Å²) in [6.45, 7) is 6.21. The Morgan fingerprint density at radius 2 is 2.13 bits per heavy atom. The van der Waals surface area contributed by atoms with Crippen LogP contribution in [0.25, 0.3) is 0 Å². The summed E-state index contributed by atoms with van der Waals surface area (Å²) in [4.78, 5) is 11.8. The zero-order valence-corrected chi connectivity index (χ0v) is 9.66. The average Bonchev–Trinajstić information content (AvgIpc) is 2.22. The van der Waals surface area contributed by atoms with E-state index in [4.69, 9.17) is 0 Å². The molecule has 0 aliphatic rings. The zero-order valence-electron chi connectivity index (χ0n) is 9.66. The van der Waals surface area contributed by atoms with E-state index in [9.17, 15) is 9.90 Å². The average molecular weight is 209 g/mol. The molecule has 84 valence electrons. The van der Waals surface area contributed by atoms with Crippen molar-refractivity contribution in [2.75, 3.05) is 0 Å². The number of aromatic nitrogens is 1. The molecule has 3 heteroatoms. The van der Waals surface area contributed by atoms with Gasteiger partial charge in [0.25, 0.3) is 5.56 Å². The van der Waals surface area contributed by atoms with Gasteiger partial charge in [-0.1, -0.05) is 20.3 Å². The van der Waals surface area contributed by atoms with Crippen molar-refractivity contribution in [2.45, 2.75) is 45.6 Å². The predicted octanol–water partition coefficient (Wildman–Crippen LogP) is 2.48. The Morgan fingerprint density at radius 3 is 2.67 bits per heavy atom. The number of hydrogen-bond acceptors (Lipinski definition) is 2. The number of hydrogen-bond donors (Lipinski definition) is 1. The molecule has 0 spiro atoms. The van der Waals surface area contributed by atoms with Crippen LogP contribution in [-0.2, 0) is 5.54 Å². The van der Waals surface area contributed by atoms with E-state index < -0.39 is 0 Å². The minimum atomic E-state index is -0.296. The van der Waals surface area contributed by atoms with Crippen molar-refractivity contribution in [1.29, 1.82) is 0 Å². The monoisotopic (exact) mass is 209 g/mol. The topological polar surface area (TPSA) is 42.2 Å². The molecule has 0 aromatic carbocycles. The third-order valence-electron chi connectivity index (χ3n) is 3.06. The van der Waals surface area contributed by atoms with Crippen molar-refractivity contribution in [3.63, 3.8) is 0 Å². The van der Waals surface area contributed by atoms with Crippen LogP contribution in [0.3, 0.4) is 0 Å². The summed E-state index contributed by atoms with van der Waals surface area (Å²) in [6, 6.07) is 3.14. The van der Waals surface area contributed by atoms with E-state index >= 15 is 0 Å². The van der Waals surface area contributed by atoms with Crippen molar-refractivity contribution in [3.05, 3.63) is 28.7 Å². The summed E-state index contributed by atoms with van der Waals surface area (Å²) in [5, 5.41) is 9.39. The van der Waals surface area contributed by atoms with Crippen molar-refractivity contribution < 1.29 is 5.11 Å². The van der Waals surface area contributed by atoms with Crippen LogP contribution in [0.15, 0.2) is 23.1 Å². The molecule has 1 atom stereocenters. The smallest absolute Gasteiger partial charge is 0.293 e. The number of pyridine rings is 1. The van der Waals surface area contributed by atoms with E-state index in [0.29, 0.717) is 0 Å². The predicted molar refractivity (Wildman–Crippen MR) is 61.2 cm³/mol. The van der Waals surface area contributed by atoms with Crippen molar-refractivity contribution in [3.8, 4) is 5.75 Å². The van der Waals surface area contributed by atoms with Gasteiger partial charge in [0.1, 0.15) is 0 Å². The highest BCUT2D eigenvalue weighted by atomic mass is 16.3. The minimum Gasteiger partial charge on any atom is -0.503 e. The Balaban J connectivity index is 3.24. The van der Waals surface area contributed by atoms with E-state index in [1.165, 1.54) is 6.07 Å². The standard InChI is InChI=1S/C12H19NO2/c1-4-8-12(3,5-2)13-9-6-7-10(14)11(13)15/h6-7,9,14H,4-5,8H2,1-3H3. The van der Waals surface area contributed by atoms with Crippen LogP contribution in [0.5, 0.6) is 5.75 Å². The summed E-state index contributed by atoms with van der Waals surface area (Å²) in [6.07, 6.45) is 4.59. The van der Waals surface area contributed by atoms with Crippen LogP contribution >= 0.6 is 0 Å². The molecule has 1 heterocycles. The highest BCUT2D eigenvalue weighted by Crippen LogP contribution is 2.24. The van der Waals surface area contributed by atoms with Crippen molar-refractivity contribution in [2.24, 2.45) is 0 Å². The fraction of sp³-hybridized carbons (Fsp3) is 0.583. The van der Waals surface area contributed by atoms with E-state index in [1.807, 2.05) is 0 Å². The lowest BCUT2D eigenvalue weighted by atomic mass is 9.92. The lowest BCUT2D eigenvalue weighted by Crippen LogP contribution is -2.37. The third kappa shape index (κ3) is 2.22. The summed E-state index contributed by atoms with van der Waals surface area (Å²) >= 11 is 0. The van der Waals surface area contributed by atoms with E-state index in [0.717, 1.165) is 19.3 Å². The number of aromatic hydroxyl groups is 1. The summed E-state index contributed by atoms with van der Waals surface area (Å²) in [5.41, 5.74) is -0.486. The van der Waals surface area contributed by atoms with Crippen LogP contribution in [0, 0.1) is 0 Å². The molecule has 1 rings (SSSR count). The van der Waals surface area contributed by atoms with Gasteiger partial charge >= 0.3 is 0 Å². The first-order valence-corrected chi connectivity index (χ1v) is 5.46.